The van der Waals surface area contributed by atoms with Crippen molar-refractivity contribution in [2.45, 2.75) is 13.5 Å². The molecule has 0 aliphatic heterocycles. The van der Waals surface area contributed by atoms with Gasteiger partial charge in [0.1, 0.15) is 5.56 Å². The zero-order valence-corrected chi connectivity index (χ0v) is 10.2. The van der Waals surface area contributed by atoms with E-state index >= 15 is 0 Å². The van der Waals surface area contributed by atoms with Crippen LogP contribution in [-0.2, 0) is 13.6 Å². The molecule has 0 saturated carbocycles. The third-order valence-electron chi connectivity index (χ3n) is 2.64. The molecule has 2 N–H and O–H groups in total. The first kappa shape index (κ1) is 12.1. The molecule has 0 unspecified atom stereocenters. The Hall–Kier alpha value is -2.37. The number of hydrogen-bond acceptors (Lipinski definition) is 4. The molecule has 18 heavy (non-hydrogen) atoms. The molecule has 6 nitrogen and oxygen atoms in total. The summed E-state index contributed by atoms with van der Waals surface area (Å²) in [7, 11) is 1.85. The van der Waals surface area contributed by atoms with Crippen LogP contribution >= 0.6 is 0 Å². The first-order valence-electron chi connectivity index (χ1n) is 5.48. The number of carboxylic acid groups (broad SMARTS) is 1. The van der Waals surface area contributed by atoms with Gasteiger partial charge in [-0.25, -0.2) is 4.79 Å². The molecule has 2 heterocycles. The zero-order valence-electron chi connectivity index (χ0n) is 10.2. The van der Waals surface area contributed by atoms with Crippen LogP contribution in [0.4, 0.5) is 5.69 Å². The fourth-order valence-corrected chi connectivity index (χ4v) is 1.73. The highest BCUT2D eigenvalue weighted by Crippen LogP contribution is 2.15. The van der Waals surface area contributed by atoms with Gasteiger partial charge in [-0.1, -0.05) is 0 Å². The minimum absolute atomic E-state index is 0.166. The van der Waals surface area contributed by atoms with Crippen molar-refractivity contribution in [3.05, 3.63) is 41.5 Å². The third-order valence-corrected chi connectivity index (χ3v) is 2.64. The lowest BCUT2D eigenvalue weighted by atomic mass is 10.2. The number of rotatable bonds is 4. The average molecular weight is 246 g/mol. The van der Waals surface area contributed by atoms with E-state index in [9.17, 15) is 4.79 Å². The number of aromatic nitrogens is 3. The van der Waals surface area contributed by atoms with Crippen molar-refractivity contribution in [1.29, 1.82) is 0 Å². The zero-order chi connectivity index (χ0) is 13.1. The summed E-state index contributed by atoms with van der Waals surface area (Å²) < 4.78 is 1.73. The molecule has 2 rings (SSSR count). The molecular formula is C12H14N4O2. The van der Waals surface area contributed by atoms with Crippen molar-refractivity contribution in [3.63, 3.8) is 0 Å². The third kappa shape index (κ3) is 2.48. The normalized spacial score (nSPS) is 10.3. The molecule has 0 amide bonds. The highest BCUT2D eigenvalue weighted by atomic mass is 16.4. The van der Waals surface area contributed by atoms with Gasteiger partial charge in [0.25, 0.3) is 0 Å². The van der Waals surface area contributed by atoms with Crippen molar-refractivity contribution in [3.8, 4) is 0 Å². The summed E-state index contributed by atoms with van der Waals surface area (Å²) in [5, 5.41) is 16.3. The molecule has 0 aliphatic rings. The lowest BCUT2D eigenvalue weighted by molar-refractivity contribution is 0.0697. The predicted molar refractivity (Wildman–Crippen MR) is 66.5 cm³/mol. The number of pyridine rings is 1. The van der Waals surface area contributed by atoms with E-state index < -0.39 is 5.97 Å². The second kappa shape index (κ2) is 4.87. The van der Waals surface area contributed by atoms with Crippen LogP contribution in [0.1, 0.15) is 21.6 Å². The van der Waals surface area contributed by atoms with Crippen molar-refractivity contribution >= 4 is 11.7 Å². The van der Waals surface area contributed by atoms with Gasteiger partial charge < -0.3 is 10.4 Å². The fourth-order valence-electron chi connectivity index (χ4n) is 1.73. The van der Waals surface area contributed by atoms with Crippen molar-refractivity contribution in [2.24, 2.45) is 7.05 Å². The Balaban J connectivity index is 2.15. The molecule has 2 aromatic rings. The number of aryl methyl sites for hydroxylation is 2. The number of nitrogens with zero attached hydrogens (tertiary/aromatic N) is 3. The van der Waals surface area contributed by atoms with Gasteiger partial charge >= 0.3 is 5.97 Å². The van der Waals surface area contributed by atoms with Crippen molar-refractivity contribution in [2.75, 3.05) is 5.32 Å². The van der Waals surface area contributed by atoms with Gasteiger partial charge in [-0.2, -0.15) is 5.10 Å². The number of anilines is 1. The first-order valence-corrected chi connectivity index (χ1v) is 5.48. The topological polar surface area (TPSA) is 80.0 Å². The molecule has 6 heteroatoms. The summed E-state index contributed by atoms with van der Waals surface area (Å²) >= 11 is 0. The smallest absolute Gasteiger partial charge is 0.339 e. The van der Waals surface area contributed by atoms with Crippen LogP contribution in [0.3, 0.4) is 0 Å². The molecular weight excluding hydrogens is 232 g/mol. The van der Waals surface area contributed by atoms with E-state index in [0.29, 0.717) is 12.2 Å². The van der Waals surface area contributed by atoms with Gasteiger partial charge in [0.15, 0.2) is 0 Å². The Kier molecular flexibility index (Phi) is 3.27. The summed E-state index contributed by atoms with van der Waals surface area (Å²) in [5.41, 5.74) is 2.68. The second-order valence-corrected chi connectivity index (χ2v) is 3.99. The van der Waals surface area contributed by atoms with Gasteiger partial charge in [0.2, 0.25) is 0 Å². The Morgan fingerprint density at radius 3 is 2.94 bits per heavy atom. The highest BCUT2D eigenvalue weighted by Gasteiger charge is 2.10. The average Bonchev–Trinajstić information content (AvgIpc) is 2.65. The van der Waals surface area contributed by atoms with E-state index in [0.717, 1.165) is 11.3 Å². The first-order chi connectivity index (χ1) is 8.58. The van der Waals surface area contributed by atoms with Crippen LogP contribution in [0.2, 0.25) is 0 Å². The maximum Gasteiger partial charge on any atom is 0.339 e. The molecule has 94 valence electrons. The Bertz CT molecular complexity index is 577. The van der Waals surface area contributed by atoms with Crippen LogP contribution < -0.4 is 5.32 Å². The molecule has 0 fully saturated rings. The number of aromatic carboxylic acids is 1. The highest BCUT2D eigenvalue weighted by molar-refractivity contribution is 5.93. The van der Waals surface area contributed by atoms with Gasteiger partial charge in [0, 0.05) is 37.7 Å². The molecule has 0 atom stereocenters. The van der Waals surface area contributed by atoms with Crippen LogP contribution in [-0.4, -0.2) is 25.8 Å². The molecule has 0 aliphatic carbocycles. The monoisotopic (exact) mass is 246 g/mol. The molecule has 0 bridgehead atoms. The molecule has 0 spiro atoms. The minimum atomic E-state index is -0.992. The van der Waals surface area contributed by atoms with E-state index in [2.05, 4.69) is 15.4 Å². The standard InChI is InChI=1S/C12H14N4O2/c1-8-9(7-16(2)15-8)5-14-11-3-4-13-6-10(11)12(17)18/h3-4,6-7H,5H2,1-2H3,(H,13,14)(H,17,18). The van der Waals surface area contributed by atoms with Crippen LogP contribution in [0.25, 0.3) is 0 Å². The van der Waals surface area contributed by atoms with Gasteiger partial charge in [-0.3, -0.25) is 9.67 Å². The van der Waals surface area contributed by atoms with Gasteiger partial charge in [-0.05, 0) is 13.0 Å². The molecule has 0 radical (unpaired) electrons. The van der Waals surface area contributed by atoms with E-state index in [1.54, 1.807) is 16.9 Å². The van der Waals surface area contributed by atoms with Crippen molar-refractivity contribution < 1.29 is 9.90 Å². The molecule has 0 saturated heterocycles. The van der Waals surface area contributed by atoms with Crippen LogP contribution in [0, 0.1) is 6.92 Å². The summed E-state index contributed by atoms with van der Waals surface area (Å²) in [6, 6.07) is 1.65. The second-order valence-electron chi connectivity index (χ2n) is 3.99. The summed E-state index contributed by atoms with van der Waals surface area (Å²) in [6.07, 6.45) is 4.80. The van der Waals surface area contributed by atoms with Crippen LogP contribution in [0.5, 0.6) is 0 Å². The maximum absolute atomic E-state index is 11.0. The number of nitrogens with one attached hydrogen (secondary N) is 1. The molecule has 2 aromatic heterocycles. The predicted octanol–water partition coefficient (Wildman–Crippen LogP) is 1.43. The summed E-state index contributed by atoms with van der Waals surface area (Å²) in [6.45, 7) is 2.45. The van der Waals surface area contributed by atoms with Gasteiger partial charge in [0.05, 0.1) is 11.4 Å². The fraction of sp³-hybridized carbons (Fsp3) is 0.250. The van der Waals surface area contributed by atoms with Gasteiger partial charge in [-0.15, -0.1) is 0 Å². The van der Waals surface area contributed by atoms with E-state index in [4.69, 9.17) is 5.11 Å². The lowest BCUT2D eigenvalue weighted by Crippen LogP contribution is -2.07. The number of carbonyl (C=O) groups is 1. The Labute approximate surface area is 104 Å². The van der Waals surface area contributed by atoms with E-state index in [-0.39, 0.29) is 5.56 Å². The van der Waals surface area contributed by atoms with E-state index in [1.807, 2.05) is 20.2 Å². The summed E-state index contributed by atoms with van der Waals surface area (Å²) in [4.78, 5) is 14.8. The lowest BCUT2D eigenvalue weighted by Gasteiger charge is -2.08. The quantitative estimate of drug-likeness (QED) is 0.853. The van der Waals surface area contributed by atoms with Crippen LogP contribution in [0.15, 0.2) is 24.7 Å². The number of carboxylic acids is 1. The maximum atomic E-state index is 11.0. The SMILES string of the molecule is Cc1nn(C)cc1CNc1ccncc1C(=O)O. The van der Waals surface area contributed by atoms with Crippen molar-refractivity contribution in [1.82, 2.24) is 14.8 Å². The molecule has 0 aromatic carbocycles. The van der Waals surface area contributed by atoms with E-state index in [1.165, 1.54) is 6.20 Å². The summed E-state index contributed by atoms with van der Waals surface area (Å²) in [5.74, 6) is -0.992. The minimum Gasteiger partial charge on any atom is -0.478 e. The Morgan fingerprint density at radius 2 is 2.33 bits per heavy atom. The largest absolute Gasteiger partial charge is 0.478 e. The number of hydrogen-bond donors (Lipinski definition) is 2. The Morgan fingerprint density at radius 1 is 1.56 bits per heavy atom.